The first kappa shape index (κ1) is 10.5. The van der Waals surface area contributed by atoms with E-state index in [-0.39, 0.29) is 0 Å². The quantitative estimate of drug-likeness (QED) is 0.680. The Kier molecular flexibility index (Phi) is 2.44. The van der Waals surface area contributed by atoms with Gasteiger partial charge in [0.2, 0.25) is 12.3 Å². The van der Waals surface area contributed by atoms with Gasteiger partial charge >= 0.3 is 0 Å². The first-order valence-corrected chi connectivity index (χ1v) is 6.01. The molecule has 0 aliphatic rings. The molecular weight excluding hydrogens is 280 g/mol. The molecule has 2 aromatic carbocycles. The van der Waals surface area contributed by atoms with Gasteiger partial charge in [0.15, 0.2) is 0 Å². The van der Waals surface area contributed by atoms with Gasteiger partial charge in [-0.1, -0.05) is 24.3 Å². The lowest BCUT2D eigenvalue weighted by atomic mass is 10.0. The Hall–Kier alpha value is -1.68. The zero-order valence-electron chi connectivity index (χ0n) is 9.14. The molecule has 1 aromatic heterocycles. The minimum Gasteiger partial charge on any atom is -0.423 e. The van der Waals surface area contributed by atoms with Crippen LogP contribution in [0.1, 0.15) is 5.56 Å². The van der Waals surface area contributed by atoms with Gasteiger partial charge in [-0.15, -0.1) is 10.2 Å². The van der Waals surface area contributed by atoms with E-state index in [4.69, 9.17) is 4.42 Å². The molecule has 0 fully saturated rings. The van der Waals surface area contributed by atoms with Gasteiger partial charge in [0.25, 0.3) is 0 Å². The van der Waals surface area contributed by atoms with E-state index in [1.807, 2.05) is 19.1 Å². The van der Waals surface area contributed by atoms with Crippen LogP contribution in [0.4, 0.5) is 0 Å². The predicted molar refractivity (Wildman–Crippen MR) is 69.7 cm³/mol. The van der Waals surface area contributed by atoms with Crippen molar-refractivity contribution >= 4 is 26.7 Å². The molecule has 3 nitrogen and oxygen atoms in total. The second-order valence-corrected chi connectivity index (χ2v) is 4.62. The van der Waals surface area contributed by atoms with E-state index in [1.165, 1.54) is 11.8 Å². The van der Waals surface area contributed by atoms with Gasteiger partial charge in [0.05, 0.1) is 0 Å². The van der Waals surface area contributed by atoms with E-state index >= 15 is 0 Å². The Balaban J connectivity index is 2.37. The van der Waals surface area contributed by atoms with Crippen LogP contribution >= 0.6 is 15.9 Å². The summed E-state index contributed by atoms with van der Waals surface area (Å²) in [5, 5.41) is 10.0. The van der Waals surface area contributed by atoms with Crippen molar-refractivity contribution in [1.29, 1.82) is 0 Å². The van der Waals surface area contributed by atoms with Gasteiger partial charge in [0.1, 0.15) is 0 Å². The third-order valence-electron chi connectivity index (χ3n) is 2.82. The Bertz CT molecular complexity index is 677. The average molecular weight is 289 g/mol. The molecule has 1 heterocycles. The molecule has 3 rings (SSSR count). The van der Waals surface area contributed by atoms with Crippen molar-refractivity contribution in [2.75, 3.05) is 0 Å². The maximum Gasteiger partial charge on any atom is 0.247 e. The van der Waals surface area contributed by atoms with Crippen LogP contribution in [-0.4, -0.2) is 10.2 Å². The molecule has 0 bridgehead atoms. The molecule has 17 heavy (non-hydrogen) atoms. The Morgan fingerprint density at radius 3 is 2.82 bits per heavy atom. The number of fused-ring (bicyclic) bond motifs is 1. The van der Waals surface area contributed by atoms with Crippen LogP contribution < -0.4 is 0 Å². The molecule has 0 aliphatic heterocycles. The summed E-state index contributed by atoms with van der Waals surface area (Å²) in [5.74, 6) is 0.550. The third kappa shape index (κ3) is 1.65. The number of hydrogen-bond acceptors (Lipinski definition) is 3. The van der Waals surface area contributed by atoms with E-state index < -0.39 is 0 Å². The second-order valence-electron chi connectivity index (χ2n) is 3.83. The van der Waals surface area contributed by atoms with Crippen molar-refractivity contribution in [2.45, 2.75) is 6.92 Å². The third-order valence-corrected chi connectivity index (χ3v) is 3.84. The van der Waals surface area contributed by atoms with Gasteiger partial charge in [0, 0.05) is 10.0 Å². The van der Waals surface area contributed by atoms with Crippen LogP contribution in [0.2, 0.25) is 0 Å². The largest absolute Gasteiger partial charge is 0.423 e. The van der Waals surface area contributed by atoms with Crippen LogP contribution in [0.3, 0.4) is 0 Å². The Morgan fingerprint density at radius 1 is 1.24 bits per heavy atom. The lowest BCUT2D eigenvalue weighted by molar-refractivity contribution is 0.568. The standard InChI is InChI=1S/C13H9BrN2O/c1-8-11(13-16-15-7-17-13)6-9-4-2-3-5-10(9)12(8)14/h2-7H,1H3. The summed E-state index contributed by atoms with van der Waals surface area (Å²) in [6, 6.07) is 10.3. The SMILES string of the molecule is Cc1c(-c2nnco2)cc2ccccc2c1Br. The van der Waals surface area contributed by atoms with Crippen molar-refractivity contribution < 1.29 is 4.42 Å². The minimum atomic E-state index is 0.550. The van der Waals surface area contributed by atoms with Crippen molar-refractivity contribution in [2.24, 2.45) is 0 Å². The lowest BCUT2D eigenvalue weighted by Gasteiger charge is -2.08. The summed E-state index contributed by atoms with van der Waals surface area (Å²) in [7, 11) is 0. The first-order chi connectivity index (χ1) is 8.27. The fourth-order valence-electron chi connectivity index (χ4n) is 1.92. The van der Waals surface area contributed by atoms with Crippen LogP contribution in [0.25, 0.3) is 22.2 Å². The van der Waals surface area contributed by atoms with Gasteiger partial charge < -0.3 is 4.42 Å². The van der Waals surface area contributed by atoms with E-state index in [0.717, 1.165) is 21.0 Å². The summed E-state index contributed by atoms with van der Waals surface area (Å²) in [6.07, 6.45) is 1.35. The van der Waals surface area contributed by atoms with E-state index in [1.54, 1.807) is 0 Å². The van der Waals surface area contributed by atoms with Crippen molar-refractivity contribution in [3.63, 3.8) is 0 Å². The summed E-state index contributed by atoms with van der Waals surface area (Å²) >= 11 is 3.63. The van der Waals surface area contributed by atoms with Crippen molar-refractivity contribution in [3.05, 3.63) is 46.8 Å². The Labute approximate surface area is 107 Å². The lowest BCUT2D eigenvalue weighted by Crippen LogP contribution is -1.87. The number of halogens is 1. The van der Waals surface area contributed by atoms with E-state index in [2.05, 4.69) is 44.3 Å². The summed E-state index contributed by atoms with van der Waals surface area (Å²) < 4.78 is 6.33. The highest BCUT2D eigenvalue weighted by Crippen LogP contribution is 2.34. The van der Waals surface area contributed by atoms with Crippen LogP contribution in [0.5, 0.6) is 0 Å². The number of nitrogens with zero attached hydrogens (tertiary/aromatic N) is 2. The van der Waals surface area contributed by atoms with Crippen LogP contribution in [0.15, 0.2) is 45.6 Å². The summed E-state index contributed by atoms with van der Waals surface area (Å²) in [4.78, 5) is 0. The molecule has 0 aliphatic carbocycles. The normalized spacial score (nSPS) is 10.9. The van der Waals surface area contributed by atoms with Crippen molar-refractivity contribution in [3.8, 4) is 11.5 Å². The van der Waals surface area contributed by atoms with Crippen LogP contribution in [0, 0.1) is 6.92 Å². The molecule has 0 radical (unpaired) electrons. The van der Waals surface area contributed by atoms with E-state index in [0.29, 0.717) is 5.89 Å². The molecule has 0 atom stereocenters. The summed E-state index contributed by atoms with van der Waals surface area (Å²) in [6.45, 7) is 2.04. The van der Waals surface area contributed by atoms with Crippen molar-refractivity contribution in [1.82, 2.24) is 10.2 Å². The highest BCUT2D eigenvalue weighted by atomic mass is 79.9. The minimum absolute atomic E-state index is 0.550. The van der Waals surface area contributed by atoms with E-state index in [9.17, 15) is 0 Å². The molecule has 0 spiro atoms. The van der Waals surface area contributed by atoms with Gasteiger partial charge in [-0.2, -0.15) is 0 Å². The molecule has 3 aromatic rings. The van der Waals surface area contributed by atoms with Gasteiger partial charge in [-0.05, 0) is 45.3 Å². The molecule has 0 amide bonds. The number of rotatable bonds is 1. The zero-order chi connectivity index (χ0) is 11.8. The zero-order valence-corrected chi connectivity index (χ0v) is 10.7. The van der Waals surface area contributed by atoms with Crippen LogP contribution in [-0.2, 0) is 0 Å². The highest BCUT2D eigenvalue weighted by Gasteiger charge is 2.12. The fraction of sp³-hybridized carbons (Fsp3) is 0.0769. The topological polar surface area (TPSA) is 38.9 Å². The number of benzene rings is 2. The monoisotopic (exact) mass is 288 g/mol. The maximum atomic E-state index is 5.26. The fourth-order valence-corrected chi connectivity index (χ4v) is 2.49. The molecule has 84 valence electrons. The second kappa shape index (κ2) is 3.96. The molecule has 4 heteroatoms. The number of hydrogen-bond donors (Lipinski definition) is 0. The van der Waals surface area contributed by atoms with Gasteiger partial charge in [-0.3, -0.25) is 0 Å². The number of aromatic nitrogens is 2. The molecule has 0 saturated carbocycles. The van der Waals surface area contributed by atoms with Gasteiger partial charge in [-0.25, -0.2) is 0 Å². The smallest absolute Gasteiger partial charge is 0.247 e. The maximum absolute atomic E-state index is 5.26. The predicted octanol–water partition coefficient (Wildman–Crippen LogP) is 3.96. The Morgan fingerprint density at radius 2 is 2.06 bits per heavy atom. The highest BCUT2D eigenvalue weighted by molar-refractivity contribution is 9.10. The first-order valence-electron chi connectivity index (χ1n) is 5.22. The molecule has 0 unspecified atom stereocenters. The molecule has 0 saturated heterocycles. The molecule has 0 N–H and O–H groups in total. The summed E-state index contributed by atoms with van der Waals surface area (Å²) in [5.41, 5.74) is 2.07. The average Bonchev–Trinajstić information content (AvgIpc) is 2.87. The molecular formula is C13H9BrN2O.